The summed E-state index contributed by atoms with van der Waals surface area (Å²) >= 11 is 0. The van der Waals surface area contributed by atoms with E-state index in [9.17, 15) is 15.0 Å². The maximum Gasteiger partial charge on any atom is 0.251 e. The van der Waals surface area contributed by atoms with Crippen LogP contribution >= 0.6 is 0 Å². The minimum absolute atomic E-state index is 0.0967. The minimum atomic E-state index is -0.679. The number of anilines is 1. The molecule has 3 aromatic carbocycles. The molecule has 2 atom stereocenters. The second-order valence-corrected chi connectivity index (χ2v) is 9.62. The number of aliphatic hydroxyl groups is 1. The number of hydrogen-bond acceptors (Lipinski definition) is 6. The number of nitrogen functional groups attached to an aromatic ring is 1. The van der Waals surface area contributed by atoms with E-state index >= 15 is 0 Å². The number of phenolic OH excluding ortho intramolecular Hbond substituents is 1. The molecule has 6 N–H and O–H groups in total. The largest absolute Gasteiger partial charge is 0.508 e. The molecule has 0 unspecified atom stereocenters. The number of carbonyl (C=O) groups excluding carboxylic acids is 1. The molecule has 0 spiro atoms. The number of benzene rings is 3. The first-order valence-electron chi connectivity index (χ1n) is 12.7. The Bertz CT molecular complexity index is 1370. The van der Waals surface area contributed by atoms with E-state index in [-0.39, 0.29) is 17.7 Å². The van der Waals surface area contributed by atoms with Gasteiger partial charge >= 0.3 is 0 Å². The lowest BCUT2D eigenvalue weighted by Gasteiger charge is -2.18. The summed E-state index contributed by atoms with van der Waals surface area (Å²) in [5.74, 6) is 0.538. The molecule has 38 heavy (non-hydrogen) atoms. The zero-order valence-electron chi connectivity index (χ0n) is 21.7. The summed E-state index contributed by atoms with van der Waals surface area (Å²) in [5.41, 5.74) is 12.2. The maximum absolute atomic E-state index is 12.9. The van der Waals surface area contributed by atoms with Crippen LogP contribution in [-0.4, -0.2) is 33.7 Å². The van der Waals surface area contributed by atoms with Crippen molar-refractivity contribution in [2.45, 2.75) is 39.0 Å². The molecule has 0 saturated carbocycles. The fourth-order valence-electron chi connectivity index (χ4n) is 4.32. The van der Waals surface area contributed by atoms with Crippen LogP contribution in [0.3, 0.4) is 0 Å². The molecule has 7 heteroatoms. The van der Waals surface area contributed by atoms with Crippen LogP contribution in [0.5, 0.6) is 5.75 Å². The minimum Gasteiger partial charge on any atom is -0.508 e. The number of aromatic nitrogens is 1. The number of carbonyl (C=O) groups is 1. The van der Waals surface area contributed by atoms with Crippen molar-refractivity contribution < 1.29 is 15.0 Å². The van der Waals surface area contributed by atoms with Crippen molar-refractivity contribution in [2.75, 3.05) is 12.3 Å². The fourth-order valence-corrected chi connectivity index (χ4v) is 4.32. The van der Waals surface area contributed by atoms with Crippen molar-refractivity contribution in [2.24, 2.45) is 0 Å². The Kier molecular flexibility index (Phi) is 8.73. The third kappa shape index (κ3) is 7.18. The first-order valence-corrected chi connectivity index (χ1v) is 12.7. The summed E-state index contributed by atoms with van der Waals surface area (Å²) < 4.78 is 0. The van der Waals surface area contributed by atoms with E-state index < -0.39 is 6.10 Å². The third-order valence-corrected chi connectivity index (χ3v) is 6.57. The highest BCUT2D eigenvalue weighted by Gasteiger charge is 2.12. The number of aromatic hydroxyl groups is 1. The Morgan fingerprint density at radius 3 is 2.47 bits per heavy atom. The zero-order chi connectivity index (χ0) is 27.1. The summed E-state index contributed by atoms with van der Waals surface area (Å²) in [5, 5.41) is 26.3. The van der Waals surface area contributed by atoms with Crippen LogP contribution in [-0.2, 0) is 13.0 Å². The van der Waals surface area contributed by atoms with Crippen LogP contribution in [0.4, 0.5) is 5.82 Å². The highest BCUT2D eigenvalue weighted by molar-refractivity contribution is 5.94. The molecule has 0 bridgehead atoms. The van der Waals surface area contributed by atoms with E-state index in [0.29, 0.717) is 36.5 Å². The topological polar surface area (TPSA) is 120 Å². The Balaban J connectivity index is 1.30. The number of amides is 1. The van der Waals surface area contributed by atoms with Gasteiger partial charge in [-0.25, -0.2) is 4.98 Å². The predicted octanol–water partition coefficient (Wildman–Crippen LogP) is 4.53. The number of phenols is 1. The smallest absolute Gasteiger partial charge is 0.251 e. The molecule has 0 radical (unpaired) electrons. The molecule has 0 aliphatic heterocycles. The van der Waals surface area contributed by atoms with Crippen LogP contribution in [0.1, 0.15) is 45.6 Å². The van der Waals surface area contributed by atoms with E-state index in [1.165, 1.54) is 0 Å². The van der Waals surface area contributed by atoms with Crippen molar-refractivity contribution in [1.29, 1.82) is 0 Å². The van der Waals surface area contributed by atoms with Crippen LogP contribution in [0.25, 0.3) is 11.1 Å². The first-order chi connectivity index (χ1) is 18.3. The second kappa shape index (κ2) is 12.4. The van der Waals surface area contributed by atoms with Gasteiger partial charge in [0.05, 0.1) is 6.10 Å². The number of hydrogen-bond donors (Lipinski definition) is 5. The molecular weight excluding hydrogens is 476 g/mol. The predicted molar refractivity (Wildman–Crippen MR) is 151 cm³/mol. The fraction of sp³-hybridized carbons (Fsp3) is 0.226. The van der Waals surface area contributed by atoms with Crippen LogP contribution in [0.2, 0.25) is 0 Å². The summed E-state index contributed by atoms with van der Waals surface area (Å²) in [4.78, 5) is 16.9. The molecule has 0 aliphatic carbocycles. The lowest BCUT2D eigenvalue weighted by molar-refractivity contribution is 0.0950. The lowest BCUT2D eigenvalue weighted by atomic mass is 9.99. The molecule has 196 valence electrons. The van der Waals surface area contributed by atoms with Crippen LogP contribution in [0.15, 0.2) is 85.1 Å². The van der Waals surface area contributed by atoms with Gasteiger partial charge in [0, 0.05) is 36.5 Å². The van der Waals surface area contributed by atoms with Gasteiger partial charge in [0.2, 0.25) is 0 Å². The maximum atomic E-state index is 12.9. The average molecular weight is 511 g/mol. The van der Waals surface area contributed by atoms with Crippen molar-refractivity contribution in [1.82, 2.24) is 15.6 Å². The van der Waals surface area contributed by atoms with Crippen molar-refractivity contribution in [3.63, 3.8) is 0 Å². The van der Waals surface area contributed by atoms with Crippen LogP contribution in [0, 0.1) is 6.92 Å². The summed E-state index contributed by atoms with van der Waals surface area (Å²) in [6.45, 7) is 4.89. The van der Waals surface area contributed by atoms with E-state index in [4.69, 9.17) is 5.73 Å². The Morgan fingerprint density at radius 1 is 1.00 bits per heavy atom. The molecule has 4 aromatic rings. The monoisotopic (exact) mass is 510 g/mol. The van der Waals surface area contributed by atoms with Crippen molar-refractivity contribution in [3.05, 3.63) is 113 Å². The number of rotatable bonds is 10. The molecule has 1 aromatic heterocycles. The van der Waals surface area contributed by atoms with Gasteiger partial charge in [0.15, 0.2) is 0 Å². The SMILES string of the molecule is Cc1cc(-c2ccc(O)cc2)ccc1CNC(=O)c1cccc(C[C@@H](C)NC[C@H](O)c2ccc(N)nc2)c1. The van der Waals surface area contributed by atoms with E-state index in [0.717, 1.165) is 27.8 Å². The molecule has 1 heterocycles. The van der Waals surface area contributed by atoms with Crippen LogP contribution < -0.4 is 16.4 Å². The number of aryl methyl sites for hydroxylation is 1. The van der Waals surface area contributed by atoms with Gasteiger partial charge < -0.3 is 26.6 Å². The molecular formula is C31H34N4O3. The Hall–Kier alpha value is -4.20. The van der Waals surface area contributed by atoms with E-state index in [1.807, 2.05) is 62.4 Å². The Labute approximate surface area is 223 Å². The van der Waals surface area contributed by atoms with Gasteiger partial charge in [-0.3, -0.25) is 4.79 Å². The number of nitrogens with two attached hydrogens (primary N) is 1. The Morgan fingerprint density at radius 2 is 1.76 bits per heavy atom. The number of pyridine rings is 1. The van der Waals surface area contributed by atoms with E-state index in [2.05, 4.69) is 21.7 Å². The van der Waals surface area contributed by atoms with Gasteiger partial charge in [-0.05, 0) is 78.4 Å². The summed E-state index contributed by atoms with van der Waals surface area (Å²) in [7, 11) is 0. The normalized spacial score (nSPS) is 12.6. The number of aliphatic hydroxyl groups excluding tert-OH is 1. The quantitative estimate of drug-likeness (QED) is 0.214. The zero-order valence-corrected chi connectivity index (χ0v) is 21.7. The average Bonchev–Trinajstić information content (AvgIpc) is 2.92. The third-order valence-electron chi connectivity index (χ3n) is 6.57. The van der Waals surface area contributed by atoms with Gasteiger partial charge in [0.1, 0.15) is 11.6 Å². The molecule has 0 fully saturated rings. The highest BCUT2D eigenvalue weighted by atomic mass is 16.3. The van der Waals surface area contributed by atoms with Gasteiger partial charge in [-0.15, -0.1) is 0 Å². The standard InChI is InChI=1S/C31H34N4O3/c1-20-14-24(23-8-11-28(36)12-9-23)6-7-26(20)17-35-31(38)25-5-3-4-22(16-25)15-21(2)33-19-29(37)27-10-13-30(32)34-18-27/h3-14,16,18,21,29,33,36-37H,15,17,19H2,1-2H3,(H2,32,34)(H,35,38)/t21-,29+/m1/s1. The molecule has 7 nitrogen and oxygen atoms in total. The second-order valence-electron chi connectivity index (χ2n) is 9.62. The summed E-state index contributed by atoms with van der Waals surface area (Å²) in [6, 6.07) is 24.4. The number of nitrogens with one attached hydrogen (secondary N) is 2. The first kappa shape index (κ1) is 26.9. The molecule has 4 rings (SSSR count). The van der Waals surface area contributed by atoms with Crippen molar-refractivity contribution >= 4 is 11.7 Å². The molecule has 0 saturated heterocycles. The lowest BCUT2D eigenvalue weighted by Crippen LogP contribution is -2.32. The van der Waals surface area contributed by atoms with Gasteiger partial charge in [-0.1, -0.05) is 48.5 Å². The molecule has 1 amide bonds. The highest BCUT2D eigenvalue weighted by Crippen LogP contribution is 2.24. The van der Waals surface area contributed by atoms with Crippen molar-refractivity contribution in [3.8, 4) is 16.9 Å². The number of nitrogens with zero attached hydrogens (tertiary/aromatic N) is 1. The van der Waals surface area contributed by atoms with Gasteiger partial charge in [0.25, 0.3) is 5.91 Å². The van der Waals surface area contributed by atoms with E-state index in [1.54, 1.807) is 30.5 Å². The van der Waals surface area contributed by atoms with Gasteiger partial charge in [-0.2, -0.15) is 0 Å². The molecule has 0 aliphatic rings. The summed E-state index contributed by atoms with van der Waals surface area (Å²) in [6.07, 6.45) is 1.62.